The molecule has 8 heteroatoms. The van der Waals surface area contributed by atoms with E-state index in [2.05, 4.69) is 0 Å². The van der Waals surface area contributed by atoms with E-state index in [0.29, 0.717) is 0 Å². The Morgan fingerprint density at radius 2 is 1.07 bits per heavy atom. The van der Waals surface area contributed by atoms with Gasteiger partial charge in [0.25, 0.3) is 0 Å². The maximum Gasteiger partial charge on any atom is 2.00 e. The van der Waals surface area contributed by atoms with Gasteiger partial charge in [0.1, 0.15) is 11.5 Å². The second-order valence-corrected chi connectivity index (χ2v) is 2.74. The summed E-state index contributed by atoms with van der Waals surface area (Å²) < 4.78 is 34.1. The van der Waals surface area contributed by atoms with Gasteiger partial charge in [0, 0.05) is 10.4 Å². The van der Waals surface area contributed by atoms with Crippen molar-refractivity contribution in [3.63, 3.8) is 0 Å². The van der Waals surface area contributed by atoms with Crippen LogP contribution in [0.5, 0.6) is 11.5 Å². The Morgan fingerprint density at radius 1 is 0.929 bits per heavy atom. The molecule has 1 rings (SSSR count). The molecule has 0 heterocycles. The zero-order chi connectivity index (χ0) is 10.5. The van der Waals surface area contributed by atoms with Gasteiger partial charge in [-0.1, -0.05) is 0 Å². The molecule has 2 N–H and O–H groups in total. The quantitative estimate of drug-likeness (QED) is 0.290. The zero-order valence-corrected chi connectivity index (χ0v) is 8.30. The molecule has 0 saturated carbocycles. The maximum atomic E-state index is 8.65. The smallest absolute Gasteiger partial charge is 0.759 e. The first kappa shape index (κ1) is 15.7. The second kappa shape index (κ2) is 6.63. The number of benzene rings is 1. The first-order valence-corrected chi connectivity index (χ1v) is 4.27. The summed E-state index contributed by atoms with van der Waals surface area (Å²) in [5.41, 5.74) is 0. The van der Waals surface area contributed by atoms with Gasteiger partial charge >= 0.3 is 17.1 Å². The predicted octanol–water partition coefficient (Wildman–Crippen LogP) is -0.243. The molecule has 14 heavy (non-hydrogen) atoms. The number of rotatable bonds is 0. The summed E-state index contributed by atoms with van der Waals surface area (Å²) in [5.74, 6) is 0.339. The molecule has 0 atom stereocenters. The van der Waals surface area contributed by atoms with E-state index < -0.39 is 10.4 Å². The van der Waals surface area contributed by atoms with E-state index in [-0.39, 0.29) is 28.6 Å². The molecular weight excluding hydrogens is 264 g/mol. The second-order valence-electron chi connectivity index (χ2n) is 1.92. The van der Waals surface area contributed by atoms with E-state index >= 15 is 0 Å². The number of phenolic OH excluding ortho intramolecular Hbond substituents is 2. The summed E-state index contributed by atoms with van der Waals surface area (Å²) in [6.45, 7) is 0. The number of aromatic hydroxyl groups is 2. The van der Waals surface area contributed by atoms with Crippen molar-refractivity contribution in [1.82, 2.24) is 0 Å². The zero-order valence-electron chi connectivity index (χ0n) is 6.55. The minimum absolute atomic E-state index is 0. The SMILES string of the molecule is O=S(=O)([O-])[O-].Oc1ccc(O)cc1.[Cu+2]. The molecule has 6 nitrogen and oxygen atoms in total. The van der Waals surface area contributed by atoms with Crippen LogP contribution in [0.2, 0.25) is 0 Å². The number of hydrogen-bond acceptors (Lipinski definition) is 6. The van der Waals surface area contributed by atoms with Gasteiger partial charge in [-0.3, -0.25) is 8.42 Å². The van der Waals surface area contributed by atoms with Crippen molar-refractivity contribution < 1.29 is 44.8 Å². The molecule has 0 aromatic heterocycles. The molecule has 0 aliphatic carbocycles. The minimum Gasteiger partial charge on any atom is -0.759 e. The van der Waals surface area contributed by atoms with Crippen LogP contribution in [0.1, 0.15) is 0 Å². The molecule has 0 unspecified atom stereocenters. The van der Waals surface area contributed by atoms with Crippen LogP contribution >= 0.6 is 0 Å². The van der Waals surface area contributed by atoms with Gasteiger partial charge in [0.2, 0.25) is 0 Å². The topological polar surface area (TPSA) is 121 Å². The van der Waals surface area contributed by atoms with Gasteiger partial charge in [-0.05, 0) is 24.3 Å². The molecule has 1 aromatic carbocycles. The molecule has 0 amide bonds. The molecule has 0 aliphatic rings. The Hall–Kier alpha value is -0.791. The van der Waals surface area contributed by atoms with E-state index in [1.807, 2.05) is 0 Å². The fourth-order valence-electron chi connectivity index (χ4n) is 0.453. The molecule has 1 aromatic rings. The Labute approximate surface area is 91.3 Å². The molecule has 83 valence electrons. The molecule has 1 radical (unpaired) electrons. The summed E-state index contributed by atoms with van der Waals surface area (Å²) in [4.78, 5) is 0. The Morgan fingerprint density at radius 3 is 1.21 bits per heavy atom. The molecular formula is C6H6CuO6S. The standard InChI is InChI=1S/C6H6O2.Cu.H2O4S/c7-5-1-2-6(8)4-3-5;;1-5(2,3)4/h1-4,7-8H;;(H2,1,2,3,4)/q;+2;/p-2. The van der Waals surface area contributed by atoms with Crippen LogP contribution in [0, 0.1) is 0 Å². The fourth-order valence-corrected chi connectivity index (χ4v) is 0.453. The van der Waals surface area contributed by atoms with Crippen molar-refractivity contribution in [2.24, 2.45) is 0 Å². The van der Waals surface area contributed by atoms with E-state index in [1.165, 1.54) is 24.3 Å². The number of hydrogen-bond donors (Lipinski definition) is 2. The van der Waals surface area contributed by atoms with Crippen LogP contribution in [0.15, 0.2) is 24.3 Å². The van der Waals surface area contributed by atoms with Crippen LogP contribution in [0.25, 0.3) is 0 Å². The summed E-state index contributed by atoms with van der Waals surface area (Å²) in [6, 6.07) is 5.70. The fraction of sp³-hybridized carbons (Fsp3) is 0. The van der Waals surface area contributed by atoms with Crippen molar-refractivity contribution in [3.8, 4) is 11.5 Å². The van der Waals surface area contributed by atoms with E-state index in [4.69, 9.17) is 27.7 Å². The van der Waals surface area contributed by atoms with Crippen LogP contribution in [0.3, 0.4) is 0 Å². The van der Waals surface area contributed by atoms with Gasteiger partial charge in [0.05, 0.1) is 0 Å². The van der Waals surface area contributed by atoms with Gasteiger partial charge in [-0.25, -0.2) is 0 Å². The summed E-state index contributed by atoms with van der Waals surface area (Å²) in [6.07, 6.45) is 0. The monoisotopic (exact) mass is 269 g/mol. The van der Waals surface area contributed by atoms with Gasteiger partial charge in [-0.2, -0.15) is 0 Å². The van der Waals surface area contributed by atoms with Crippen LogP contribution in [-0.2, 0) is 27.5 Å². The van der Waals surface area contributed by atoms with E-state index in [1.54, 1.807) is 0 Å². The Balaban J connectivity index is 0. The van der Waals surface area contributed by atoms with Crippen LogP contribution in [-0.4, -0.2) is 27.7 Å². The summed E-state index contributed by atoms with van der Waals surface area (Å²) >= 11 is 0. The van der Waals surface area contributed by atoms with Crippen molar-refractivity contribution >= 4 is 10.4 Å². The largest absolute Gasteiger partial charge is 2.00 e. The normalized spacial score (nSPS) is 9.29. The summed E-state index contributed by atoms with van der Waals surface area (Å²) in [7, 11) is -5.17. The van der Waals surface area contributed by atoms with Crippen LogP contribution in [0.4, 0.5) is 0 Å². The van der Waals surface area contributed by atoms with Gasteiger partial charge < -0.3 is 19.3 Å². The van der Waals surface area contributed by atoms with E-state index in [9.17, 15) is 0 Å². The average Bonchev–Trinajstić information content (AvgIpc) is 1.92. The first-order valence-electron chi connectivity index (χ1n) is 2.94. The Kier molecular flexibility index (Phi) is 7.42. The third kappa shape index (κ3) is 13.8. The predicted molar refractivity (Wildman–Crippen MR) is 40.2 cm³/mol. The van der Waals surface area contributed by atoms with Gasteiger partial charge in [-0.15, -0.1) is 0 Å². The average molecular weight is 270 g/mol. The van der Waals surface area contributed by atoms with Crippen LogP contribution < -0.4 is 0 Å². The third-order valence-corrected chi connectivity index (χ3v) is 0.850. The van der Waals surface area contributed by atoms with Gasteiger partial charge in [0.15, 0.2) is 0 Å². The molecule has 0 aliphatic heterocycles. The molecule has 0 bridgehead atoms. The van der Waals surface area contributed by atoms with Crippen molar-refractivity contribution in [1.29, 1.82) is 0 Å². The number of phenols is 2. The Bertz CT molecular complexity index is 316. The molecule has 0 saturated heterocycles. The first-order chi connectivity index (χ1) is 5.79. The van der Waals surface area contributed by atoms with E-state index in [0.717, 1.165) is 0 Å². The maximum absolute atomic E-state index is 8.65. The molecule has 0 spiro atoms. The van der Waals surface area contributed by atoms with Crippen molar-refractivity contribution in [3.05, 3.63) is 24.3 Å². The third-order valence-electron chi connectivity index (χ3n) is 0.850. The van der Waals surface area contributed by atoms with Crippen molar-refractivity contribution in [2.75, 3.05) is 0 Å². The summed E-state index contributed by atoms with van der Waals surface area (Å²) in [5, 5.41) is 17.3. The minimum atomic E-state index is -5.17. The van der Waals surface area contributed by atoms with Crippen molar-refractivity contribution in [2.45, 2.75) is 0 Å². The molecule has 0 fully saturated rings.